The van der Waals surface area contributed by atoms with Crippen molar-refractivity contribution in [2.45, 2.75) is 70.6 Å². The molecule has 0 spiro atoms. The van der Waals surface area contributed by atoms with Crippen LogP contribution in [0.25, 0.3) is 27.5 Å². The highest BCUT2D eigenvalue weighted by Crippen LogP contribution is 2.41. The molecule has 0 bridgehead atoms. The zero-order valence-corrected chi connectivity index (χ0v) is 21.8. The summed E-state index contributed by atoms with van der Waals surface area (Å²) in [6.07, 6.45) is 12.9. The summed E-state index contributed by atoms with van der Waals surface area (Å²) in [5, 5.41) is 9.95. The van der Waals surface area contributed by atoms with Gasteiger partial charge in [-0.2, -0.15) is 5.10 Å². The number of nitrogens with one attached hydrogen (secondary N) is 1. The molecule has 2 aliphatic rings. The highest BCUT2D eigenvalue weighted by molar-refractivity contribution is 6.30. The summed E-state index contributed by atoms with van der Waals surface area (Å²) in [5.41, 5.74) is 5.91. The summed E-state index contributed by atoms with van der Waals surface area (Å²) >= 11 is 6.29. The van der Waals surface area contributed by atoms with Crippen molar-refractivity contribution < 1.29 is 9.13 Å². The van der Waals surface area contributed by atoms with Gasteiger partial charge in [0.15, 0.2) is 0 Å². The number of benzene rings is 2. The van der Waals surface area contributed by atoms with E-state index in [2.05, 4.69) is 33.8 Å². The van der Waals surface area contributed by atoms with E-state index in [1.165, 1.54) is 61.2 Å². The van der Waals surface area contributed by atoms with Gasteiger partial charge in [0.1, 0.15) is 5.82 Å². The fourth-order valence-electron chi connectivity index (χ4n) is 6.56. The lowest BCUT2D eigenvalue weighted by atomic mass is 9.80. The van der Waals surface area contributed by atoms with Gasteiger partial charge in [-0.15, -0.1) is 0 Å². The number of H-pyrrole nitrogens is 1. The SMILES string of the molecule is CC1CCC(CCCc2c(C3CCOCC3)n(-c3ccc(F)c(Cl)c3)c3cc4cn[nH]c4cc23)CC1. The average molecular weight is 508 g/mol. The number of halogens is 2. The van der Waals surface area contributed by atoms with Crippen LogP contribution in [0.5, 0.6) is 0 Å². The zero-order valence-electron chi connectivity index (χ0n) is 21.0. The Morgan fingerprint density at radius 1 is 1.08 bits per heavy atom. The van der Waals surface area contributed by atoms with Crippen LogP contribution in [0.4, 0.5) is 4.39 Å². The number of rotatable bonds is 6. The summed E-state index contributed by atoms with van der Waals surface area (Å²) in [5.74, 6) is 1.76. The molecule has 6 rings (SSSR count). The summed E-state index contributed by atoms with van der Waals surface area (Å²) < 4.78 is 22.2. The second-order valence-electron chi connectivity index (χ2n) is 11.0. The van der Waals surface area contributed by atoms with Crippen LogP contribution in [0, 0.1) is 17.7 Å². The Morgan fingerprint density at radius 3 is 2.67 bits per heavy atom. The molecule has 1 aliphatic heterocycles. The minimum atomic E-state index is -0.385. The van der Waals surface area contributed by atoms with Crippen LogP contribution in [0.3, 0.4) is 0 Å². The third-order valence-corrected chi connectivity index (χ3v) is 8.91. The number of ether oxygens (including phenoxy) is 1. The van der Waals surface area contributed by atoms with E-state index >= 15 is 0 Å². The summed E-state index contributed by atoms with van der Waals surface area (Å²) in [6.45, 7) is 3.95. The largest absolute Gasteiger partial charge is 0.381 e. The molecule has 1 N–H and O–H groups in total. The minimum absolute atomic E-state index is 0.157. The Balaban J connectivity index is 1.47. The smallest absolute Gasteiger partial charge is 0.141 e. The number of hydrogen-bond donors (Lipinski definition) is 1. The van der Waals surface area contributed by atoms with E-state index in [-0.39, 0.29) is 10.8 Å². The number of nitrogens with zero attached hydrogens (tertiary/aromatic N) is 2. The van der Waals surface area contributed by atoms with Crippen LogP contribution in [0.15, 0.2) is 36.5 Å². The molecule has 0 atom stereocenters. The third-order valence-electron chi connectivity index (χ3n) is 8.62. The zero-order chi connectivity index (χ0) is 24.6. The van der Waals surface area contributed by atoms with E-state index in [0.29, 0.717) is 5.92 Å². The molecule has 2 fully saturated rings. The molecule has 3 heterocycles. The van der Waals surface area contributed by atoms with E-state index in [4.69, 9.17) is 16.3 Å². The molecule has 2 aromatic heterocycles. The van der Waals surface area contributed by atoms with Crippen molar-refractivity contribution in [3.63, 3.8) is 0 Å². The first-order chi connectivity index (χ1) is 17.6. The Hall–Kier alpha value is -2.37. The summed E-state index contributed by atoms with van der Waals surface area (Å²) in [4.78, 5) is 0. The lowest BCUT2D eigenvalue weighted by molar-refractivity contribution is 0.0840. The molecule has 4 nitrogen and oxygen atoms in total. The predicted octanol–water partition coefficient (Wildman–Crippen LogP) is 8.34. The summed E-state index contributed by atoms with van der Waals surface area (Å²) in [6, 6.07) is 9.60. The van der Waals surface area contributed by atoms with E-state index in [9.17, 15) is 4.39 Å². The van der Waals surface area contributed by atoms with Crippen molar-refractivity contribution in [2.24, 2.45) is 11.8 Å². The Labute approximate surface area is 217 Å². The van der Waals surface area contributed by atoms with Crippen LogP contribution < -0.4 is 0 Å². The number of hydrogen-bond acceptors (Lipinski definition) is 2. The molecule has 0 unspecified atom stereocenters. The van der Waals surface area contributed by atoms with Gasteiger partial charge in [-0.1, -0.05) is 50.6 Å². The van der Waals surface area contributed by atoms with Gasteiger partial charge in [0.25, 0.3) is 0 Å². The quantitative estimate of drug-likeness (QED) is 0.285. The van der Waals surface area contributed by atoms with Crippen LogP contribution in [-0.4, -0.2) is 28.0 Å². The minimum Gasteiger partial charge on any atom is -0.381 e. The molecule has 1 saturated heterocycles. The van der Waals surface area contributed by atoms with Crippen molar-refractivity contribution >= 4 is 33.4 Å². The maximum Gasteiger partial charge on any atom is 0.141 e. The van der Waals surface area contributed by atoms with E-state index in [1.54, 1.807) is 6.07 Å². The number of aryl methyl sites for hydroxylation is 1. The van der Waals surface area contributed by atoms with Crippen molar-refractivity contribution in [3.05, 3.63) is 58.6 Å². The predicted molar refractivity (Wildman–Crippen MR) is 145 cm³/mol. The van der Waals surface area contributed by atoms with Gasteiger partial charge in [-0.05, 0) is 73.4 Å². The average Bonchev–Trinajstić information content (AvgIpc) is 3.48. The first-order valence-corrected chi connectivity index (χ1v) is 14.0. The van der Waals surface area contributed by atoms with Crippen molar-refractivity contribution in [1.82, 2.24) is 14.8 Å². The number of fused-ring (bicyclic) bond motifs is 2. The second-order valence-corrected chi connectivity index (χ2v) is 11.4. The van der Waals surface area contributed by atoms with Crippen LogP contribution >= 0.6 is 11.6 Å². The van der Waals surface area contributed by atoms with Gasteiger partial charge in [0.05, 0.1) is 22.3 Å². The highest BCUT2D eigenvalue weighted by atomic mass is 35.5. The topological polar surface area (TPSA) is 42.8 Å². The van der Waals surface area contributed by atoms with Gasteiger partial charge >= 0.3 is 0 Å². The van der Waals surface area contributed by atoms with Crippen molar-refractivity contribution in [3.8, 4) is 5.69 Å². The molecule has 4 aromatic rings. The maximum absolute atomic E-state index is 14.2. The number of aromatic amines is 1. The van der Waals surface area contributed by atoms with Gasteiger partial charge in [0.2, 0.25) is 0 Å². The van der Waals surface area contributed by atoms with E-state index in [0.717, 1.165) is 66.4 Å². The Bertz CT molecular complexity index is 1360. The van der Waals surface area contributed by atoms with Crippen LogP contribution in [0.1, 0.15) is 75.5 Å². The third kappa shape index (κ3) is 4.56. The van der Waals surface area contributed by atoms with Gasteiger partial charge < -0.3 is 9.30 Å². The first kappa shape index (κ1) is 24.0. The second kappa shape index (κ2) is 10.2. The van der Waals surface area contributed by atoms with Crippen LogP contribution in [-0.2, 0) is 11.2 Å². The maximum atomic E-state index is 14.2. The molecule has 0 amide bonds. The molecule has 6 heteroatoms. The summed E-state index contributed by atoms with van der Waals surface area (Å²) in [7, 11) is 0. The lowest BCUT2D eigenvalue weighted by Crippen LogP contribution is -2.18. The molecule has 36 heavy (non-hydrogen) atoms. The molecule has 1 aliphatic carbocycles. The molecule has 2 aromatic carbocycles. The first-order valence-electron chi connectivity index (χ1n) is 13.6. The van der Waals surface area contributed by atoms with Gasteiger partial charge in [-0.25, -0.2) is 4.39 Å². The normalized spacial score (nSPS) is 21.5. The lowest BCUT2D eigenvalue weighted by Gasteiger charge is -2.27. The van der Waals surface area contributed by atoms with E-state index in [1.807, 2.05) is 12.3 Å². The molecule has 0 radical (unpaired) electrons. The van der Waals surface area contributed by atoms with Gasteiger partial charge in [0, 0.05) is 41.3 Å². The molecule has 1 saturated carbocycles. The van der Waals surface area contributed by atoms with Crippen molar-refractivity contribution in [1.29, 1.82) is 0 Å². The fraction of sp³-hybridized carbons (Fsp3) is 0.500. The highest BCUT2D eigenvalue weighted by Gasteiger charge is 2.28. The number of aromatic nitrogens is 3. The van der Waals surface area contributed by atoms with E-state index < -0.39 is 0 Å². The van der Waals surface area contributed by atoms with Gasteiger partial charge in [-0.3, -0.25) is 5.10 Å². The van der Waals surface area contributed by atoms with Crippen molar-refractivity contribution in [2.75, 3.05) is 13.2 Å². The Kier molecular flexibility index (Phi) is 6.78. The van der Waals surface area contributed by atoms with Crippen LogP contribution in [0.2, 0.25) is 5.02 Å². The monoisotopic (exact) mass is 507 g/mol. The fourth-order valence-corrected chi connectivity index (χ4v) is 6.73. The molecule has 190 valence electrons. The Morgan fingerprint density at radius 2 is 1.89 bits per heavy atom. The molecular weight excluding hydrogens is 473 g/mol. The molecular formula is C30H35ClFN3O. The standard InChI is InChI=1S/C30H35ClFN3O/c1-19-5-7-20(8-6-19)3-2-4-24-25-17-28-22(18-33-34-28)15-29(25)35(23-9-10-27(32)26(31)16-23)30(24)21-11-13-36-14-12-21/h9-10,15-21H,2-8,11-14H2,1H3,(H,33,34).